The molecule has 1 aromatic carbocycles. The monoisotopic (exact) mass is 227 g/mol. The normalized spacial score (nSPS) is 12.1. The fraction of sp³-hybridized carbons (Fsp3) is 0.273. The first-order chi connectivity index (χ1) is 7.08. The van der Waals surface area contributed by atoms with Crippen molar-refractivity contribution in [3.05, 3.63) is 29.8 Å². The first kappa shape index (κ1) is 12.0. The van der Waals surface area contributed by atoms with E-state index in [1.807, 2.05) is 0 Å². The maximum atomic E-state index is 12.0. The van der Waals surface area contributed by atoms with Gasteiger partial charge in [0.05, 0.1) is 6.04 Å². The fourth-order valence-electron chi connectivity index (χ4n) is 0.917. The van der Waals surface area contributed by atoms with E-state index in [4.69, 9.17) is 5.73 Å². The van der Waals surface area contributed by atoms with Gasteiger partial charge in [-0.15, -0.1) is 0 Å². The highest BCUT2D eigenvalue weighted by Crippen LogP contribution is 2.24. The molecule has 0 heterocycles. The predicted molar refractivity (Wildman–Crippen MR) is 58.8 cm³/mol. The topological polar surface area (TPSA) is 26.0 Å². The summed E-state index contributed by atoms with van der Waals surface area (Å²) >= 11 is 0.525. The van der Waals surface area contributed by atoms with E-state index in [-0.39, 0.29) is 6.04 Å². The van der Waals surface area contributed by atoms with Gasteiger partial charge in [-0.3, -0.25) is 0 Å². The second kappa shape index (κ2) is 5.74. The molecule has 80 valence electrons. The molecule has 1 nitrogen and oxygen atoms in total. The van der Waals surface area contributed by atoms with Crippen molar-refractivity contribution in [1.29, 1.82) is 0 Å². The molecule has 0 aliphatic heterocycles. The van der Waals surface area contributed by atoms with E-state index in [1.165, 1.54) is 0 Å². The SMILES string of the molecule is CC(N)C#Cc1ccc(SC(F)F)cc1. The summed E-state index contributed by atoms with van der Waals surface area (Å²) in [5.74, 6) is 3.26. The molecule has 15 heavy (non-hydrogen) atoms. The highest BCUT2D eigenvalue weighted by atomic mass is 32.2. The summed E-state index contributed by atoms with van der Waals surface area (Å²) in [6.07, 6.45) is 0. The van der Waals surface area contributed by atoms with Crippen molar-refractivity contribution in [3.63, 3.8) is 0 Å². The zero-order valence-corrected chi connectivity index (χ0v) is 9.02. The molecule has 0 saturated heterocycles. The van der Waals surface area contributed by atoms with Crippen molar-refractivity contribution < 1.29 is 8.78 Å². The minimum absolute atomic E-state index is 0.180. The van der Waals surface area contributed by atoms with Gasteiger partial charge in [0.15, 0.2) is 0 Å². The van der Waals surface area contributed by atoms with Gasteiger partial charge >= 0.3 is 0 Å². The van der Waals surface area contributed by atoms with E-state index in [0.717, 1.165) is 5.56 Å². The van der Waals surface area contributed by atoms with Crippen molar-refractivity contribution >= 4 is 11.8 Å². The average Bonchev–Trinajstić information content (AvgIpc) is 2.16. The molecule has 4 heteroatoms. The summed E-state index contributed by atoms with van der Waals surface area (Å²) in [5, 5.41) is 0. The van der Waals surface area contributed by atoms with Crippen LogP contribution < -0.4 is 5.73 Å². The lowest BCUT2D eigenvalue weighted by Gasteiger charge is -1.99. The molecule has 1 rings (SSSR count). The standard InChI is InChI=1S/C11H11F2NS/c1-8(14)2-3-9-4-6-10(7-5-9)15-11(12)13/h4-8,11H,14H2,1H3. The van der Waals surface area contributed by atoms with Crippen LogP contribution in [0.1, 0.15) is 12.5 Å². The molecule has 0 amide bonds. The maximum Gasteiger partial charge on any atom is 0.288 e. The van der Waals surface area contributed by atoms with E-state index in [9.17, 15) is 8.78 Å². The van der Waals surface area contributed by atoms with Gasteiger partial charge in [-0.25, -0.2) is 0 Å². The molecule has 0 spiro atoms. The van der Waals surface area contributed by atoms with Gasteiger partial charge in [-0.2, -0.15) is 8.78 Å². The molecule has 1 atom stereocenters. The van der Waals surface area contributed by atoms with E-state index in [1.54, 1.807) is 31.2 Å². The molecule has 0 bridgehead atoms. The summed E-state index contributed by atoms with van der Waals surface area (Å²) < 4.78 is 24.0. The van der Waals surface area contributed by atoms with Crippen LogP contribution in [0.25, 0.3) is 0 Å². The van der Waals surface area contributed by atoms with E-state index >= 15 is 0 Å². The van der Waals surface area contributed by atoms with Gasteiger partial charge in [0.1, 0.15) is 0 Å². The number of nitrogens with two attached hydrogens (primary N) is 1. The molecule has 0 radical (unpaired) electrons. The van der Waals surface area contributed by atoms with Gasteiger partial charge < -0.3 is 5.73 Å². The molecule has 0 fully saturated rings. The van der Waals surface area contributed by atoms with Crippen LogP contribution in [0.5, 0.6) is 0 Å². The number of hydrogen-bond donors (Lipinski definition) is 1. The van der Waals surface area contributed by atoms with E-state index in [0.29, 0.717) is 16.7 Å². The third-order valence-electron chi connectivity index (χ3n) is 1.52. The lowest BCUT2D eigenvalue weighted by atomic mass is 10.2. The molecule has 1 aromatic rings. The van der Waals surface area contributed by atoms with Crippen LogP contribution in [-0.4, -0.2) is 11.8 Å². The van der Waals surface area contributed by atoms with Crippen LogP contribution in [0, 0.1) is 11.8 Å². The van der Waals surface area contributed by atoms with Crippen molar-refractivity contribution in [1.82, 2.24) is 0 Å². The number of halogens is 2. The minimum Gasteiger partial charge on any atom is -0.318 e. The third kappa shape index (κ3) is 4.82. The average molecular weight is 227 g/mol. The number of rotatable bonds is 2. The number of benzene rings is 1. The summed E-state index contributed by atoms with van der Waals surface area (Å²) in [6.45, 7) is 1.79. The highest BCUT2D eigenvalue weighted by Gasteiger charge is 2.03. The Morgan fingerprint density at radius 2 is 1.87 bits per heavy atom. The summed E-state index contributed by atoms with van der Waals surface area (Å²) in [5.41, 5.74) is 6.24. The Hall–Kier alpha value is -1.05. The van der Waals surface area contributed by atoms with Gasteiger partial charge in [-0.05, 0) is 31.2 Å². The predicted octanol–water partition coefficient (Wildman–Crippen LogP) is 2.70. The van der Waals surface area contributed by atoms with Crippen LogP contribution in [0.3, 0.4) is 0 Å². The highest BCUT2D eigenvalue weighted by molar-refractivity contribution is 7.99. The molecule has 2 N–H and O–H groups in total. The molecular formula is C11H11F2NS. The maximum absolute atomic E-state index is 12.0. The number of thioether (sulfide) groups is 1. The fourth-order valence-corrected chi connectivity index (χ4v) is 1.42. The molecule has 0 aliphatic carbocycles. The number of alkyl halides is 2. The van der Waals surface area contributed by atoms with Crippen molar-refractivity contribution in [2.45, 2.75) is 23.6 Å². The van der Waals surface area contributed by atoms with Crippen LogP contribution in [-0.2, 0) is 0 Å². The summed E-state index contributed by atoms with van der Waals surface area (Å²) in [4.78, 5) is 0.538. The van der Waals surface area contributed by atoms with Gasteiger partial charge in [0.2, 0.25) is 0 Å². The summed E-state index contributed by atoms with van der Waals surface area (Å²) in [6, 6.07) is 6.49. The van der Waals surface area contributed by atoms with Crippen LogP contribution in [0.2, 0.25) is 0 Å². The second-order valence-electron chi connectivity index (χ2n) is 2.96. The van der Waals surface area contributed by atoms with Crippen molar-refractivity contribution in [2.75, 3.05) is 0 Å². The van der Waals surface area contributed by atoms with Crippen LogP contribution in [0.4, 0.5) is 8.78 Å². The van der Waals surface area contributed by atoms with Gasteiger partial charge in [0.25, 0.3) is 5.76 Å². The van der Waals surface area contributed by atoms with E-state index in [2.05, 4.69) is 11.8 Å². The Morgan fingerprint density at radius 3 is 2.33 bits per heavy atom. The van der Waals surface area contributed by atoms with Crippen LogP contribution >= 0.6 is 11.8 Å². The quantitative estimate of drug-likeness (QED) is 0.621. The van der Waals surface area contributed by atoms with E-state index < -0.39 is 5.76 Å². The largest absolute Gasteiger partial charge is 0.318 e. The lowest BCUT2D eigenvalue weighted by Crippen LogP contribution is -2.10. The molecular weight excluding hydrogens is 216 g/mol. The molecule has 0 saturated carbocycles. The third-order valence-corrected chi connectivity index (χ3v) is 2.25. The summed E-state index contributed by atoms with van der Waals surface area (Å²) in [7, 11) is 0. The van der Waals surface area contributed by atoms with Crippen molar-refractivity contribution in [3.8, 4) is 11.8 Å². The molecule has 1 unspecified atom stereocenters. The zero-order chi connectivity index (χ0) is 11.3. The van der Waals surface area contributed by atoms with Crippen molar-refractivity contribution in [2.24, 2.45) is 5.73 Å². The van der Waals surface area contributed by atoms with Gasteiger partial charge in [0, 0.05) is 10.5 Å². The minimum atomic E-state index is -2.38. The second-order valence-corrected chi connectivity index (χ2v) is 4.02. The Labute approximate surface area is 92.0 Å². The smallest absolute Gasteiger partial charge is 0.288 e. The zero-order valence-electron chi connectivity index (χ0n) is 8.21. The Kier molecular flexibility index (Phi) is 4.60. The first-order valence-electron chi connectivity index (χ1n) is 4.40. The Balaban J connectivity index is 2.69. The molecule has 0 aromatic heterocycles. The first-order valence-corrected chi connectivity index (χ1v) is 5.28. The lowest BCUT2D eigenvalue weighted by molar-refractivity contribution is 0.252. The Morgan fingerprint density at radius 1 is 1.27 bits per heavy atom. The molecule has 0 aliphatic rings. The van der Waals surface area contributed by atoms with Gasteiger partial charge in [-0.1, -0.05) is 23.6 Å². The van der Waals surface area contributed by atoms with Crippen LogP contribution in [0.15, 0.2) is 29.2 Å². The number of hydrogen-bond acceptors (Lipinski definition) is 2. The Bertz CT molecular complexity index is 362.